The molecule has 2 heteroatoms. The number of hydrogen-bond acceptors (Lipinski definition) is 2. The van der Waals surface area contributed by atoms with Crippen LogP contribution in [0, 0.1) is 11.3 Å². The van der Waals surface area contributed by atoms with Gasteiger partial charge in [0.1, 0.15) is 0 Å². The van der Waals surface area contributed by atoms with Gasteiger partial charge >= 0.3 is 0 Å². The highest BCUT2D eigenvalue weighted by atomic mass is 15.2. The highest BCUT2D eigenvalue weighted by molar-refractivity contribution is 4.95. The fourth-order valence-corrected chi connectivity index (χ4v) is 3.54. The molecule has 1 fully saturated rings. The number of nitrogens with two attached hydrogens (primary N) is 1. The van der Waals surface area contributed by atoms with Gasteiger partial charge in [-0.15, -0.1) is 0 Å². The second kappa shape index (κ2) is 5.86. The van der Waals surface area contributed by atoms with Crippen molar-refractivity contribution in [1.82, 2.24) is 5.43 Å². The van der Waals surface area contributed by atoms with Crippen LogP contribution in [0.1, 0.15) is 65.7 Å². The first-order chi connectivity index (χ1) is 7.24. The number of nitrogens with one attached hydrogen (secondary N) is 1. The van der Waals surface area contributed by atoms with Crippen molar-refractivity contribution in [2.24, 2.45) is 17.2 Å². The molecule has 1 aliphatic rings. The number of rotatable bonds is 6. The van der Waals surface area contributed by atoms with Gasteiger partial charge in [-0.05, 0) is 30.6 Å². The molecule has 0 aromatic rings. The maximum absolute atomic E-state index is 5.82. The fraction of sp³-hybridized carbons (Fsp3) is 1.00. The molecule has 1 aliphatic carbocycles. The Bertz CT molecular complexity index is 169. The van der Waals surface area contributed by atoms with Gasteiger partial charge in [0.25, 0.3) is 0 Å². The first-order valence-electron chi connectivity index (χ1n) is 6.70. The summed E-state index contributed by atoms with van der Waals surface area (Å²) in [5.74, 6) is 6.56. The van der Waals surface area contributed by atoms with Crippen LogP contribution < -0.4 is 11.3 Å². The quantitative estimate of drug-likeness (QED) is 0.524. The summed E-state index contributed by atoms with van der Waals surface area (Å²) in [7, 11) is 0. The third-order valence-corrected chi connectivity index (χ3v) is 4.66. The Morgan fingerprint density at radius 1 is 1.13 bits per heavy atom. The Hall–Kier alpha value is -0.0800. The summed E-state index contributed by atoms with van der Waals surface area (Å²) in [5, 5.41) is 0. The van der Waals surface area contributed by atoms with E-state index >= 15 is 0 Å². The molecule has 1 saturated carbocycles. The second-order valence-electron chi connectivity index (χ2n) is 5.14. The van der Waals surface area contributed by atoms with Crippen molar-refractivity contribution < 1.29 is 0 Å². The standard InChI is InChI=1S/C13H28N2/c1-4-11(5-2)12(15-14)13(6-3)9-7-8-10-13/h11-12,15H,4-10,14H2,1-3H3. The Balaban J connectivity index is 2.77. The van der Waals surface area contributed by atoms with Gasteiger partial charge in [0.2, 0.25) is 0 Å². The summed E-state index contributed by atoms with van der Waals surface area (Å²) in [6.45, 7) is 6.91. The molecule has 0 heterocycles. The zero-order valence-electron chi connectivity index (χ0n) is 10.7. The molecule has 0 aliphatic heterocycles. The van der Waals surface area contributed by atoms with Crippen LogP contribution in [0.2, 0.25) is 0 Å². The van der Waals surface area contributed by atoms with Gasteiger partial charge in [0.05, 0.1) is 0 Å². The molecule has 0 spiro atoms. The zero-order valence-corrected chi connectivity index (χ0v) is 10.7. The van der Waals surface area contributed by atoms with E-state index in [2.05, 4.69) is 26.2 Å². The Morgan fingerprint density at radius 2 is 1.67 bits per heavy atom. The van der Waals surface area contributed by atoms with E-state index in [1.165, 1.54) is 44.9 Å². The van der Waals surface area contributed by atoms with Crippen molar-refractivity contribution in [1.29, 1.82) is 0 Å². The molecule has 0 bridgehead atoms. The number of hydrazine groups is 1. The van der Waals surface area contributed by atoms with Crippen LogP contribution in [0.15, 0.2) is 0 Å². The normalized spacial score (nSPS) is 22.2. The van der Waals surface area contributed by atoms with Crippen molar-refractivity contribution in [3.63, 3.8) is 0 Å². The molecule has 0 amide bonds. The van der Waals surface area contributed by atoms with Crippen LogP contribution >= 0.6 is 0 Å². The van der Waals surface area contributed by atoms with Gasteiger partial charge in [0.15, 0.2) is 0 Å². The third kappa shape index (κ3) is 2.54. The van der Waals surface area contributed by atoms with Crippen LogP contribution in [-0.2, 0) is 0 Å². The van der Waals surface area contributed by atoms with E-state index in [0.717, 1.165) is 5.92 Å². The molecule has 1 atom stereocenters. The SMILES string of the molecule is CCC(CC)C(NN)C1(CC)CCCC1. The van der Waals surface area contributed by atoms with E-state index in [-0.39, 0.29) is 0 Å². The molecule has 90 valence electrons. The van der Waals surface area contributed by atoms with Crippen molar-refractivity contribution in [2.45, 2.75) is 71.8 Å². The first kappa shape index (κ1) is 13.0. The van der Waals surface area contributed by atoms with Crippen LogP contribution in [-0.4, -0.2) is 6.04 Å². The lowest BCUT2D eigenvalue weighted by molar-refractivity contribution is 0.126. The topological polar surface area (TPSA) is 38.0 Å². The lowest BCUT2D eigenvalue weighted by Crippen LogP contribution is -2.51. The summed E-state index contributed by atoms with van der Waals surface area (Å²) in [6, 6.07) is 0.528. The Morgan fingerprint density at radius 3 is 2.00 bits per heavy atom. The fourth-order valence-electron chi connectivity index (χ4n) is 3.54. The minimum absolute atomic E-state index is 0.492. The molecular formula is C13H28N2. The van der Waals surface area contributed by atoms with Crippen molar-refractivity contribution in [3.05, 3.63) is 0 Å². The van der Waals surface area contributed by atoms with Crippen LogP contribution in [0.3, 0.4) is 0 Å². The molecule has 1 unspecified atom stereocenters. The largest absolute Gasteiger partial charge is 0.271 e. The minimum Gasteiger partial charge on any atom is -0.271 e. The predicted molar refractivity (Wildman–Crippen MR) is 66.4 cm³/mol. The van der Waals surface area contributed by atoms with E-state index in [4.69, 9.17) is 5.84 Å². The minimum atomic E-state index is 0.492. The van der Waals surface area contributed by atoms with Gasteiger partial charge in [0, 0.05) is 6.04 Å². The van der Waals surface area contributed by atoms with Gasteiger partial charge in [-0.3, -0.25) is 11.3 Å². The Kier molecular flexibility index (Phi) is 5.07. The molecule has 15 heavy (non-hydrogen) atoms. The maximum atomic E-state index is 5.82. The van der Waals surface area contributed by atoms with E-state index in [0.29, 0.717) is 11.5 Å². The average molecular weight is 212 g/mol. The molecule has 1 rings (SSSR count). The molecule has 2 nitrogen and oxygen atoms in total. The van der Waals surface area contributed by atoms with Crippen molar-refractivity contribution in [3.8, 4) is 0 Å². The van der Waals surface area contributed by atoms with E-state index in [9.17, 15) is 0 Å². The lowest BCUT2D eigenvalue weighted by atomic mass is 9.70. The highest BCUT2D eigenvalue weighted by Gasteiger charge is 2.41. The predicted octanol–water partition coefficient (Wildman–Crippen LogP) is 3.22. The summed E-state index contributed by atoms with van der Waals surface area (Å²) >= 11 is 0. The maximum Gasteiger partial charge on any atom is 0.0294 e. The van der Waals surface area contributed by atoms with Crippen LogP contribution in [0.25, 0.3) is 0 Å². The van der Waals surface area contributed by atoms with Gasteiger partial charge < -0.3 is 0 Å². The molecular weight excluding hydrogens is 184 g/mol. The summed E-state index contributed by atoms with van der Waals surface area (Å²) in [5.41, 5.74) is 3.63. The molecule has 0 aromatic carbocycles. The zero-order chi connectivity index (χ0) is 11.3. The third-order valence-electron chi connectivity index (χ3n) is 4.66. The highest BCUT2D eigenvalue weighted by Crippen LogP contribution is 2.46. The summed E-state index contributed by atoms with van der Waals surface area (Å²) in [6.07, 6.45) is 9.29. The van der Waals surface area contributed by atoms with Crippen LogP contribution in [0.5, 0.6) is 0 Å². The average Bonchev–Trinajstić information content (AvgIpc) is 2.75. The van der Waals surface area contributed by atoms with E-state index in [1.54, 1.807) is 0 Å². The molecule has 0 radical (unpaired) electrons. The second-order valence-corrected chi connectivity index (χ2v) is 5.14. The van der Waals surface area contributed by atoms with E-state index in [1.807, 2.05) is 0 Å². The summed E-state index contributed by atoms with van der Waals surface area (Å²) < 4.78 is 0. The molecule has 0 aromatic heterocycles. The monoisotopic (exact) mass is 212 g/mol. The van der Waals surface area contributed by atoms with Crippen LogP contribution in [0.4, 0.5) is 0 Å². The molecule has 3 N–H and O–H groups in total. The number of hydrogen-bond donors (Lipinski definition) is 2. The van der Waals surface area contributed by atoms with Crippen molar-refractivity contribution in [2.75, 3.05) is 0 Å². The molecule has 0 saturated heterocycles. The van der Waals surface area contributed by atoms with E-state index < -0.39 is 0 Å². The summed E-state index contributed by atoms with van der Waals surface area (Å²) in [4.78, 5) is 0. The smallest absolute Gasteiger partial charge is 0.0294 e. The first-order valence-corrected chi connectivity index (χ1v) is 6.70. The van der Waals surface area contributed by atoms with Gasteiger partial charge in [-0.2, -0.15) is 0 Å². The lowest BCUT2D eigenvalue weighted by Gasteiger charge is -2.41. The van der Waals surface area contributed by atoms with Crippen molar-refractivity contribution >= 4 is 0 Å². The van der Waals surface area contributed by atoms with Gasteiger partial charge in [-0.1, -0.05) is 46.5 Å². The van der Waals surface area contributed by atoms with Gasteiger partial charge in [-0.25, -0.2) is 0 Å². The Labute approximate surface area is 95.0 Å².